The van der Waals surface area contributed by atoms with E-state index in [-0.39, 0.29) is 12.5 Å². The van der Waals surface area contributed by atoms with E-state index < -0.39 is 0 Å². The number of hydrogen-bond donors (Lipinski definition) is 0. The van der Waals surface area contributed by atoms with Crippen molar-refractivity contribution in [1.82, 2.24) is 4.90 Å². The fourth-order valence-electron chi connectivity index (χ4n) is 3.56. The number of nitriles is 1. The van der Waals surface area contributed by atoms with Gasteiger partial charge in [-0.05, 0) is 76.6 Å². The first-order valence-electron chi connectivity index (χ1n) is 11.5. The zero-order valence-corrected chi connectivity index (χ0v) is 23.1. The first kappa shape index (κ1) is 27.0. The molecule has 0 aliphatic carbocycles. The van der Waals surface area contributed by atoms with E-state index in [0.717, 1.165) is 16.8 Å². The number of aliphatic imine (C=N–C) groups is 1. The van der Waals surface area contributed by atoms with E-state index in [1.807, 2.05) is 61.5 Å². The number of para-hydroxylation sites is 1. The maximum atomic E-state index is 13.3. The van der Waals surface area contributed by atoms with E-state index in [2.05, 4.69) is 27.0 Å². The first-order chi connectivity index (χ1) is 18.0. The van der Waals surface area contributed by atoms with Gasteiger partial charge in [-0.1, -0.05) is 48.0 Å². The number of rotatable bonds is 9. The van der Waals surface area contributed by atoms with Gasteiger partial charge in [-0.15, -0.1) is 0 Å². The van der Waals surface area contributed by atoms with Crippen molar-refractivity contribution in [2.75, 3.05) is 19.8 Å². The second-order valence-corrected chi connectivity index (χ2v) is 10.1. The predicted molar refractivity (Wildman–Crippen MR) is 152 cm³/mol. The van der Waals surface area contributed by atoms with Gasteiger partial charge in [0.1, 0.15) is 6.61 Å². The molecule has 3 aromatic rings. The number of carbonyl (C=O) groups is 1. The van der Waals surface area contributed by atoms with Crippen LogP contribution in [0.15, 0.2) is 81.1 Å². The van der Waals surface area contributed by atoms with Crippen LogP contribution in [0.2, 0.25) is 5.02 Å². The minimum atomic E-state index is -0.139. The van der Waals surface area contributed by atoms with E-state index in [1.165, 1.54) is 11.8 Å². The van der Waals surface area contributed by atoms with E-state index in [4.69, 9.17) is 21.1 Å². The lowest BCUT2D eigenvalue weighted by Crippen LogP contribution is -2.32. The van der Waals surface area contributed by atoms with Crippen LogP contribution < -0.4 is 4.74 Å². The number of amidine groups is 1. The lowest BCUT2D eigenvalue weighted by atomic mass is 10.1. The summed E-state index contributed by atoms with van der Waals surface area (Å²) in [5.41, 5.74) is 2.83. The maximum absolute atomic E-state index is 13.3. The number of amides is 1. The Labute approximate surface area is 233 Å². The Hall–Kier alpha value is -3.09. The molecule has 9 heteroatoms. The lowest BCUT2D eigenvalue weighted by Gasteiger charge is -2.15. The minimum absolute atomic E-state index is 0.139. The highest BCUT2D eigenvalue weighted by molar-refractivity contribution is 9.10. The maximum Gasteiger partial charge on any atom is 0.266 e. The van der Waals surface area contributed by atoms with Crippen LogP contribution in [0.25, 0.3) is 6.08 Å². The van der Waals surface area contributed by atoms with E-state index >= 15 is 0 Å². The summed E-state index contributed by atoms with van der Waals surface area (Å²) in [5, 5.41) is 10.3. The van der Waals surface area contributed by atoms with Gasteiger partial charge in [-0.3, -0.25) is 9.69 Å². The van der Waals surface area contributed by atoms with E-state index in [0.29, 0.717) is 50.6 Å². The largest absolute Gasteiger partial charge is 0.486 e. The molecule has 0 radical (unpaired) electrons. The molecule has 188 valence electrons. The number of hydrogen-bond acceptors (Lipinski definition) is 6. The smallest absolute Gasteiger partial charge is 0.266 e. The summed E-state index contributed by atoms with van der Waals surface area (Å²) in [4.78, 5) is 20.1. The molecule has 4 rings (SSSR count). The van der Waals surface area contributed by atoms with Crippen molar-refractivity contribution < 1.29 is 14.3 Å². The Balaban J connectivity index is 1.57. The summed E-state index contributed by atoms with van der Waals surface area (Å²) < 4.78 is 12.1. The van der Waals surface area contributed by atoms with Crippen LogP contribution in [0.1, 0.15) is 23.6 Å². The summed E-state index contributed by atoms with van der Waals surface area (Å²) in [6, 6.07) is 22.5. The van der Waals surface area contributed by atoms with Crippen molar-refractivity contribution in [2.45, 2.75) is 13.5 Å². The normalized spacial score (nSPS) is 15.4. The molecule has 1 saturated heterocycles. The molecule has 0 N–H and O–H groups in total. The topological polar surface area (TPSA) is 74.9 Å². The van der Waals surface area contributed by atoms with Gasteiger partial charge in [0.25, 0.3) is 5.91 Å². The van der Waals surface area contributed by atoms with Gasteiger partial charge in [0.05, 0.1) is 44.9 Å². The van der Waals surface area contributed by atoms with E-state index in [1.54, 1.807) is 23.1 Å². The number of benzene rings is 3. The van der Waals surface area contributed by atoms with Crippen LogP contribution in [-0.2, 0) is 16.1 Å². The molecule has 0 bridgehead atoms. The Morgan fingerprint density at radius 3 is 2.65 bits per heavy atom. The average molecular weight is 597 g/mol. The van der Waals surface area contributed by atoms with Gasteiger partial charge in [0.15, 0.2) is 10.9 Å². The molecule has 1 heterocycles. The highest BCUT2D eigenvalue weighted by atomic mass is 79.9. The summed E-state index contributed by atoms with van der Waals surface area (Å²) in [6.45, 7) is 3.52. The van der Waals surface area contributed by atoms with Crippen molar-refractivity contribution in [1.29, 1.82) is 5.26 Å². The van der Waals surface area contributed by atoms with Crippen LogP contribution in [0.3, 0.4) is 0 Å². The lowest BCUT2D eigenvalue weighted by molar-refractivity contribution is -0.122. The van der Waals surface area contributed by atoms with Gasteiger partial charge in [0.2, 0.25) is 0 Å². The van der Waals surface area contributed by atoms with Crippen LogP contribution in [0.4, 0.5) is 5.69 Å². The van der Waals surface area contributed by atoms with Gasteiger partial charge in [-0.2, -0.15) is 5.26 Å². The Morgan fingerprint density at radius 1 is 1.16 bits per heavy atom. The summed E-state index contributed by atoms with van der Waals surface area (Å²) in [7, 11) is 0. The molecule has 37 heavy (non-hydrogen) atoms. The monoisotopic (exact) mass is 595 g/mol. The molecule has 0 unspecified atom stereocenters. The van der Waals surface area contributed by atoms with Gasteiger partial charge < -0.3 is 9.47 Å². The third-order valence-electron chi connectivity index (χ3n) is 5.36. The van der Waals surface area contributed by atoms with Crippen LogP contribution in [0, 0.1) is 11.3 Å². The molecule has 0 saturated carbocycles. The Kier molecular flexibility index (Phi) is 9.42. The quantitative estimate of drug-likeness (QED) is 0.193. The molecule has 3 aromatic carbocycles. The van der Waals surface area contributed by atoms with Crippen molar-refractivity contribution in [3.63, 3.8) is 0 Å². The standard InChI is InChI=1S/C28H23BrClN3O3S/c1-2-35-13-12-33-27(34)25(37-28(33)32-22-10-4-3-5-11-22)16-19-14-23(29)26(24(30)15-19)36-18-21-9-7-6-8-20(21)17-31/h3-11,14-16H,2,12-13,18H2,1H3/b25-16-,32-28?. The molecule has 6 nitrogen and oxygen atoms in total. The first-order valence-corrected chi connectivity index (χ1v) is 13.5. The number of ether oxygens (including phenoxy) is 2. The molecular weight excluding hydrogens is 574 g/mol. The zero-order valence-electron chi connectivity index (χ0n) is 20.0. The van der Waals surface area contributed by atoms with Gasteiger partial charge in [0, 0.05) is 12.2 Å². The van der Waals surface area contributed by atoms with Crippen LogP contribution in [-0.4, -0.2) is 35.7 Å². The van der Waals surface area contributed by atoms with Crippen molar-refractivity contribution >= 4 is 62.1 Å². The predicted octanol–water partition coefficient (Wildman–Crippen LogP) is 7.19. The third kappa shape index (κ3) is 6.82. The van der Waals surface area contributed by atoms with Crippen molar-refractivity contribution in [2.24, 2.45) is 4.99 Å². The van der Waals surface area contributed by atoms with Crippen LogP contribution >= 0.6 is 39.3 Å². The molecule has 1 aliphatic heterocycles. The molecule has 1 amide bonds. The third-order valence-corrected chi connectivity index (χ3v) is 7.24. The number of thioether (sulfide) groups is 1. The molecule has 0 aromatic heterocycles. The summed E-state index contributed by atoms with van der Waals surface area (Å²) >= 11 is 11.4. The Bertz CT molecular complexity index is 1370. The number of halogens is 2. The van der Waals surface area contributed by atoms with Gasteiger partial charge in [-0.25, -0.2) is 4.99 Å². The number of carbonyl (C=O) groups excluding carboxylic acids is 1. The molecule has 0 spiro atoms. The summed E-state index contributed by atoms with van der Waals surface area (Å²) in [5.74, 6) is 0.326. The zero-order chi connectivity index (χ0) is 26.2. The second-order valence-electron chi connectivity index (χ2n) is 7.87. The fraction of sp³-hybridized carbons (Fsp3) is 0.179. The summed E-state index contributed by atoms with van der Waals surface area (Å²) in [6.07, 6.45) is 1.79. The van der Waals surface area contributed by atoms with Crippen LogP contribution in [0.5, 0.6) is 5.75 Å². The molecule has 0 atom stereocenters. The Morgan fingerprint density at radius 2 is 1.92 bits per heavy atom. The molecule has 1 aliphatic rings. The molecular formula is C28H23BrClN3O3S. The number of nitrogens with zero attached hydrogens (tertiary/aromatic N) is 3. The van der Waals surface area contributed by atoms with Gasteiger partial charge >= 0.3 is 0 Å². The van der Waals surface area contributed by atoms with Crippen molar-refractivity contribution in [3.05, 3.63) is 97.8 Å². The highest BCUT2D eigenvalue weighted by Crippen LogP contribution is 2.38. The highest BCUT2D eigenvalue weighted by Gasteiger charge is 2.33. The van der Waals surface area contributed by atoms with E-state index in [9.17, 15) is 10.1 Å². The second kappa shape index (κ2) is 12.9. The fourth-order valence-corrected chi connectivity index (χ4v) is 5.57. The minimum Gasteiger partial charge on any atom is -0.486 e. The average Bonchev–Trinajstić information content (AvgIpc) is 3.18. The van der Waals surface area contributed by atoms with Crippen molar-refractivity contribution in [3.8, 4) is 11.8 Å². The molecule has 1 fully saturated rings. The SMILES string of the molecule is CCOCCN1C(=O)/C(=C/c2cc(Cl)c(OCc3ccccc3C#N)c(Br)c2)SC1=Nc1ccccc1.